The van der Waals surface area contributed by atoms with E-state index in [0.29, 0.717) is 11.1 Å². The second-order valence-corrected chi connectivity index (χ2v) is 20.3. The van der Waals surface area contributed by atoms with E-state index in [2.05, 4.69) is 138 Å². The summed E-state index contributed by atoms with van der Waals surface area (Å²) in [7, 11) is -1.95. The van der Waals surface area contributed by atoms with Crippen LogP contribution in [0.1, 0.15) is 136 Å². The maximum Gasteiger partial charge on any atom is 0.0722 e. The lowest BCUT2D eigenvalue weighted by Crippen LogP contribution is -2.42. The van der Waals surface area contributed by atoms with Gasteiger partial charge in [-0.15, -0.1) is 0 Å². The molecule has 0 amide bonds. The van der Waals surface area contributed by atoms with Crippen LogP contribution in [0.2, 0.25) is 13.1 Å². The standard InChI is InChI=1S/C48H60Si/c1-7-11-13-15-19-35-25-29-39(30-26-35)41-21-17-23-43-45(41)33-37(9-3)47(43)49(5,6)48-38(10-4)34-46-42(22-18-24-44(46)48)40-31-27-36(28-32-40)20-16-14-12-8-2/h17-18,21-34,47-48H,7-16,19-20H2,1-6H3. The highest BCUT2D eigenvalue weighted by atomic mass is 28.3. The molecule has 0 radical (unpaired) electrons. The highest BCUT2D eigenvalue weighted by Gasteiger charge is 2.48. The van der Waals surface area contributed by atoms with E-state index in [4.69, 9.17) is 0 Å². The minimum Gasteiger partial charge on any atom is -0.0679 e. The van der Waals surface area contributed by atoms with Crippen LogP contribution < -0.4 is 0 Å². The third-order valence-corrected chi connectivity index (χ3v) is 16.1. The lowest BCUT2D eigenvalue weighted by molar-refractivity contribution is 0.667. The molecule has 4 aromatic carbocycles. The summed E-state index contributed by atoms with van der Waals surface area (Å²) in [5.74, 6) is 0. The fourth-order valence-electron chi connectivity index (χ4n) is 9.18. The molecule has 2 atom stereocenters. The van der Waals surface area contributed by atoms with Crippen molar-refractivity contribution >= 4 is 20.2 Å². The Kier molecular flexibility index (Phi) is 11.6. The van der Waals surface area contributed by atoms with Gasteiger partial charge in [0.05, 0.1) is 8.07 Å². The van der Waals surface area contributed by atoms with Crippen LogP contribution in [-0.2, 0) is 12.8 Å². The van der Waals surface area contributed by atoms with E-state index < -0.39 is 8.07 Å². The Morgan fingerprint density at radius 2 is 0.878 bits per heavy atom. The molecule has 2 unspecified atom stereocenters. The van der Waals surface area contributed by atoms with Gasteiger partial charge in [0.15, 0.2) is 0 Å². The molecular weight excluding hydrogens is 605 g/mol. The molecule has 49 heavy (non-hydrogen) atoms. The first-order valence-corrected chi connectivity index (χ1v) is 22.9. The highest BCUT2D eigenvalue weighted by Crippen LogP contribution is 2.55. The van der Waals surface area contributed by atoms with Gasteiger partial charge in [0, 0.05) is 11.1 Å². The van der Waals surface area contributed by atoms with Crippen molar-refractivity contribution in [3.63, 3.8) is 0 Å². The van der Waals surface area contributed by atoms with Crippen molar-refractivity contribution in [3.05, 3.63) is 129 Å². The number of fused-ring (bicyclic) bond motifs is 2. The van der Waals surface area contributed by atoms with E-state index in [1.165, 1.54) is 109 Å². The number of allylic oxidation sites excluding steroid dienone is 2. The molecule has 2 aliphatic carbocycles. The second-order valence-electron chi connectivity index (χ2n) is 15.5. The summed E-state index contributed by atoms with van der Waals surface area (Å²) in [6.07, 6.45) is 20.3. The van der Waals surface area contributed by atoms with E-state index in [1.54, 1.807) is 22.3 Å². The lowest BCUT2D eigenvalue weighted by Gasteiger charge is -2.40. The molecule has 6 rings (SSSR count). The molecule has 0 bridgehead atoms. The monoisotopic (exact) mass is 664 g/mol. The van der Waals surface area contributed by atoms with Gasteiger partial charge >= 0.3 is 0 Å². The van der Waals surface area contributed by atoms with Gasteiger partial charge in [0.1, 0.15) is 0 Å². The fraction of sp³-hybridized carbons (Fsp3) is 0.417. The first-order valence-electron chi connectivity index (χ1n) is 19.8. The highest BCUT2D eigenvalue weighted by molar-refractivity contribution is 6.81. The third-order valence-electron chi connectivity index (χ3n) is 11.8. The Morgan fingerprint density at radius 1 is 0.469 bits per heavy atom. The number of hydrogen-bond donors (Lipinski definition) is 0. The van der Waals surface area contributed by atoms with Gasteiger partial charge < -0.3 is 0 Å². The maximum atomic E-state index is 2.69. The first-order chi connectivity index (χ1) is 23.9. The molecular formula is C48H60Si. The second kappa shape index (κ2) is 16.1. The van der Waals surface area contributed by atoms with Crippen molar-refractivity contribution in [3.8, 4) is 22.3 Å². The summed E-state index contributed by atoms with van der Waals surface area (Å²) < 4.78 is 0. The quantitative estimate of drug-likeness (QED) is 0.0826. The van der Waals surface area contributed by atoms with E-state index in [1.807, 2.05) is 0 Å². The number of unbranched alkanes of at least 4 members (excludes halogenated alkanes) is 6. The Morgan fingerprint density at radius 3 is 1.24 bits per heavy atom. The SMILES string of the molecule is CCCCCCc1ccc(-c2cccc3c2C=C(CC)C3[Si](C)(C)C2C(CC)=Cc3c(-c4ccc(CCCCCC)cc4)cccc32)cc1. The molecule has 1 heteroatoms. The van der Waals surface area contributed by atoms with Crippen LogP contribution in [-0.4, -0.2) is 8.07 Å². The largest absolute Gasteiger partial charge is 0.0722 e. The molecule has 256 valence electrons. The van der Waals surface area contributed by atoms with Crippen LogP contribution >= 0.6 is 0 Å². The van der Waals surface area contributed by atoms with Crippen LogP contribution in [0.25, 0.3) is 34.4 Å². The topological polar surface area (TPSA) is 0 Å². The van der Waals surface area contributed by atoms with Crippen LogP contribution in [0.3, 0.4) is 0 Å². The predicted molar refractivity (Wildman–Crippen MR) is 219 cm³/mol. The normalized spacial score (nSPS) is 16.8. The van der Waals surface area contributed by atoms with Crippen LogP contribution in [0.15, 0.2) is 96.1 Å². The van der Waals surface area contributed by atoms with E-state index >= 15 is 0 Å². The van der Waals surface area contributed by atoms with E-state index in [0.717, 1.165) is 12.8 Å². The number of hydrogen-bond acceptors (Lipinski definition) is 0. The molecule has 0 nitrogen and oxygen atoms in total. The zero-order valence-electron chi connectivity index (χ0n) is 31.4. The average molecular weight is 665 g/mol. The minimum absolute atomic E-state index is 0.520. The molecule has 0 heterocycles. The molecule has 0 aliphatic heterocycles. The number of benzene rings is 4. The van der Waals surface area contributed by atoms with Gasteiger partial charge in [-0.05, 0) is 94.2 Å². The summed E-state index contributed by atoms with van der Waals surface area (Å²) >= 11 is 0. The molecule has 0 fully saturated rings. The van der Waals surface area contributed by atoms with Crippen molar-refractivity contribution in [1.82, 2.24) is 0 Å². The predicted octanol–water partition coefficient (Wildman–Crippen LogP) is 14.5. The number of rotatable bonds is 16. The van der Waals surface area contributed by atoms with Crippen molar-refractivity contribution < 1.29 is 0 Å². The summed E-state index contributed by atoms with van der Waals surface area (Å²) in [6.45, 7) is 14.7. The summed E-state index contributed by atoms with van der Waals surface area (Å²) in [5.41, 5.74) is 18.9. The Hall–Kier alpha value is -3.42. The van der Waals surface area contributed by atoms with Crippen molar-refractivity contribution in [1.29, 1.82) is 0 Å². The summed E-state index contributed by atoms with van der Waals surface area (Å²) in [4.78, 5) is 0. The zero-order valence-corrected chi connectivity index (χ0v) is 32.4. The van der Waals surface area contributed by atoms with Crippen LogP contribution in [0.5, 0.6) is 0 Å². The Bertz CT molecular complexity index is 1630. The maximum absolute atomic E-state index is 2.69. The molecule has 4 aromatic rings. The van der Waals surface area contributed by atoms with Gasteiger partial charge in [-0.2, -0.15) is 0 Å². The third kappa shape index (κ3) is 7.39. The average Bonchev–Trinajstić information content (AvgIpc) is 3.72. The van der Waals surface area contributed by atoms with E-state index in [9.17, 15) is 0 Å². The van der Waals surface area contributed by atoms with Crippen molar-refractivity contribution in [2.45, 2.75) is 129 Å². The molecule has 0 aromatic heterocycles. The molecule has 0 saturated carbocycles. The van der Waals surface area contributed by atoms with Crippen LogP contribution in [0, 0.1) is 0 Å². The molecule has 0 saturated heterocycles. The minimum atomic E-state index is -1.95. The Labute approximate surface area is 299 Å². The van der Waals surface area contributed by atoms with Crippen molar-refractivity contribution in [2.24, 2.45) is 0 Å². The van der Waals surface area contributed by atoms with Crippen molar-refractivity contribution in [2.75, 3.05) is 0 Å². The zero-order chi connectivity index (χ0) is 34.4. The first kappa shape index (κ1) is 35.4. The Balaban J connectivity index is 1.30. The molecule has 0 spiro atoms. The van der Waals surface area contributed by atoms with Gasteiger partial charge in [-0.1, -0.05) is 188 Å². The van der Waals surface area contributed by atoms with Gasteiger partial charge in [0.25, 0.3) is 0 Å². The van der Waals surface area contributed by atoms with Gasteiger partial charge in [-0.25, -0.2) is 0 Å². The lowest BCUT2D eigenvalue weighted by atomic mass is 9.95. The van der Waals surface area contributed by atoms with Crippen LogP contribution in [0.4, 0.5) is 0 Å². The fourth-order valence-corrected chi connectivity index (χ4v) is 14.1. The summed E-state index contributed by atoms with van der Waals surface area (Å²) in [6, 6.07) is 33.4. The number of aryl methyl sites for hydroxylation is 2. The van der Waals surface area contributed by atoms with Gasteiger partial charge in [-0.3, -0.25) is 0 Å². The van der Waals surface area contributed by atoms with Gasteiger partial charge in [0.2, 0.25) is 0 Å². The van der Waals surface area contributed by atoms with E-state index in [-0.39, 0.29) is 0 Å². The molecule has 2 aliphatic rings. The smallest absolute Gasteiger partial charge is 0.0679 e. The molecule has 0 N–H and O–H groups in total. The summed E-state index contributed by atoms with van der Waals surface area (Å²) in [5, 5.41) is 0.